The van der Waals surface area contributed by atoms with E-state index in [9.17, 15) is 4.39 Å². The van der Waals surface area contributed by atoms with E-state index in [4.69, 9.17) is 5.73 Å². The van der Waals surface area contributed by atoms with E-state index in [2.05, 4.69) is 0 Å². The van der Waals surface area contributed by atoms with Gasteiger partial charge in [-0.1, -0.05) is 12.1 Å². The van der Waals surface area contributed by atoms with E-state index in [1.165, 1.54) is 0 Å². The molecular formula is C12H12FNS. The molecule has 0 bridgehead atoms. The second-order valence-corrected chi connectivity index (χ2v) is 4.47. The lowest BCUT2D eigenvalue weighted by atomic mass is 10.1. The molecule has 0 saturated carbocycles. The van der Waals surface area contributed by atoms with Gasteiger partial charge in [0.1, 0.15) is 5.82 Å². The topological polar surface area (TPSA) is 26.0 Å². The lowest BCUT2D eigenvalue weighted by Gasteiger charge is -2.00. The first-order chi connectivity index (χ1) is 7.20. The Morgan fingerprint density at radius 3 is 2.67 bits per heavy atom. The summed E-state index contributed by atoms with van der Waals surface area (Å²) in [6.07, 6.45) is 0. The van der Waals surface area contributed by atoms with Gasteiger partial charge in [0.15, 0.2) is 0 Å². The maximum Gasteiger partial charge on any atom is 0.126 e. The fourth-order valence-corrected chi connectivity index (χ4v) is 2.19. The Kier molecular flexibility index (Phi) is 2.84. The van der Waals surface area contributed by atoms with Crippen molar-refractivity contribution in [2.24, 2.45) is 5.73 Å². The highest BCUT2D eigenvalue weighted by Crippen LogP contribution is 2.26. The summed E-state index contributed by atoms with van der Waals surface area (Å²) in [7, 11) is 0. The predicted molar refractivity (Wildman–Crippen MR) is 62.3 cm³/mol. The normalized spacial score (nSPS) is 10.6. The highest BCUT2D eigenvalue weighted by atomic mass is 32.1. The summed E-state index contributed by atoms with van der Waals surface area (Å²) in [5.74, 6) is -0.159. The smallest absolute Gasteiger partial charge is 0.126 e. The Balaban J connectivity index is 2.40. The van der Waals surface area contributed by atoms with Crippen molar-refractivity contribution in [2.45, 2.75) is 13.5 Å². The molecule has 0 atom stereocenters. The molecule has 0 radical (unpaired) electrons. The summed E-state index contributed by atoms with van der Waals surface area (Å²) in [5, 5.41) is 2.01. The molecule has 0 unspecified atom stereocenters. The van der Waals surface area contributed by atoms with Crippen molar-refractivity contribution in [1.29, 1.82) is 0 Å². The molecule has 2 N–H and O–H groups in total. The van der Waals surface area contributed by atoms with Gasteiger partial charge in [-0.25, -0.2) is 4.39 Å². The maximum atomic E-state index is 13.3. The minimum absolute atomic E-state index is 0.159. The molecule has 0 aliphatic heterocycles. The van der Waals surface area contributed by atoms with Crippen molar-refractivity contribution >= 4 is 11.3 Å². The van der Waals surface area contributed by atoms with Crippen molar-refractivity contribution < 1.29 is 4.39 Å². The summed E-state index contributed by atoms with van der Waals surface area (Å²) < 4.78 is 13.3. The van der Waals surface area contributed by atoms with E-state index >= 15 is 0 Å². The van der Waals surface area contributed by atoms with Gasteiger partial charge in [0.2, 0.25) is 0 Å². The van der Waals surface area contributed by atoms with Crippen LogP contribution in [0.4, 0.5) is 4.39 Å². The first kappa shape index (κ1) is 10.3. The van der Waals surface area contributed by atoms with Crippen molar-refractivity contribution in [2.75, 3.05) is 0 Å². The number of thiophene rings is 1. The molecule has 1 aromatic carbocycles. The Labute approximate surface area is 92.4 Å². The molecule has 0 saturated heterocycles. The SMILES string of the molecule is Cc1ccc(-c2csc(CN)c2)cc1F. The van der Waals surface area contributed by atoms with E-state index in [0.29, 0.717) is 12.1 Å². The summed E-state index contributed by atoms with van der Waals surface area (Å²) in [4.78, 5) is 1.12. The summed E-state index contributed by atoms with van der Waals surface area (Å²) >= 11 is 1.61. The van der Waals surface area contributed by atoms with Gasteiger partial charge in [-0.15, -0.1) is 11.3 Å². The zero-order valence-electron chi connectivity index (χ0n) is 8.46. The highest BCUT2D eigenvalue weighted by Gasteiger charge is 2.04. The van der Waals surface area contributed by atoms with Gasteiger partial charge in [-0.2, -0.15) is 0 Å². The molecular weight excluding hydrogens is 209 g/mol. The van der Waals surface area contributed by atoms with Crippen molar-refractivity contribution in [1.82, 2.24) is 0 Å². The summed E-state index contributed by atoms with van der Waals surface area (Å²) in [5.41, 5.74) is 8.16. The lowest BCUT2D eigenvalue weighted by Crippen LogP contribution is -1.91. The van der Waals surface area contributed by atoms with E-state index < -0.39 is 0 Å². The number of aryl methyl sites for hydroxylation is 1. The second kappa shape index (κ2) is 4.13. The quantitative estimate of drug-likeness (QED) is 0.827. The van der Waals surface area contributed by atoms with Crippen molar-refractivity contribution in [3.63, 3.8) is 0 Å². The zero-order chi connectivity index (χ0) is 10.8. The molecule has 15 heavy (non-hydrogen) atoms. The van der Waals surface area contributed by atoms with Gasteiger partial charge in [0, 0.05) is 11.4 Å². The number of benzene rings is 1. The molecule has 0 aliphatic rings. The van der Waals surface area contributed by atoms with Gasteiger partial charge in [-0.05, 0) is 41.1 Å². The predicted octanol–water partition coefficient (Wildman–Crippen LogP) is 3.32. The molecule has 1 nitrogen and oxygen atoms in total. The first-order valence-corrected chi connectivity index (χ1v) is 5.62. The second-order valence-electron chi connectivity index (χ2n) is 3.47. The number of hydrogen-bond donors (Lipinski definition) is 1. The molecule has 1 aromatic heterocycles. The van der Waals surface area contributed by atoms with Gasteiger partial charge in [0.05, 0.1) is 0 Å². The summed E-state index contributed by atoms with van der Waals surface area (Å²) in [6, 6.07) is 7.30. The fourth-order valence-electron chi connectivity index (χ4n) is 1.41. The van der Waals surface area contributed by atoms with Crippen LogP contribution in [-0.4, -0.2) is 0 Å². The average Bonchev–Trinajstić information content (AvgIpc) is 2.70. The molecule has 1 heterocycles. The molecule has 0 fully saturated rings. The number of nitrogens with two attached hydrogens (primary N) is 1. The van der Waals surface area contributed by atoms with Crippen molar-refractivity contribution in [3.05, 3.63) is 45.9 Å². The number of halogens is 1. The standard InChI is InChI=1S/C12H12FNS/c1-8-2-3-9(5-12(8)13)10-4-11(6-14)15-7-10/h2-5,7H,6,14H2,1H3. The Bertz CT molecular complexity index is 476. The molecule has 2 rings (SSSR count). The third-order valence-electron chi connectivity index (χ3n) is 2.36. The molecule has 78 valence electrons. The van der Waals surface area contributed by atoms with Gasteiger partial charge >= 0.3 is 0 Å². The third kappa shape index (κ3) is 2.08. The third-order valence-corrected chi connectivity index (χ3v) is 3.32. The number of hydrogen-bond acceptors (Lipinski definition) is 2. The van der Waals surface area contributed by atoms with Crippen LogP contribution >= 0.6 is 11.3 Å². The Hall–Kier alpha value is -1.19. The van der Waals surface area contributed by atoms with Gasteiger partial charge in [-0.3, -0.25) is 0 Å². The maximum absolute atomic E-state index is 13.3. The van der Waals surface area contributed by atoms with Crippen molar-refractivity contribution in [3.8, 4) is 11.1 Å². The van der Waals surface area contributed by atoms with Crippen LogP contribution in [0.2, 0.25) is 0 Å². The lowest BCUT2D eigenvalue weighted by molar-refractivity contribution is 0.619. The van der Waals surface area contributed by atoms with Crippen LogP contribution in [0.25, 0.3) is 11.1 Å². The monoisotopic (exact) mass is 221 g/mol. The average molecular weight is 221 g/mol. The molecule has 0 aliphatic carbocycles. The molecule has 2 aromatic rings. The molecule has 0 spiro atoms. The van der Waals surface area contributed by atoms with E-state index in [1.807, 2.05) is 17.5 Å². The first-order valence-electron chi connectivity index (χ1n) is 4.74. The fraction of sp³-hybridized carbons (Fsp3) is 0.167. The Morgan fingerprint density at radius 2 is 2.07 bits per heavy atom. The summed E-state index contributed by atoms with van der Waals surface area (Å²) in [6.45, 7) is 2.30. The van der Waals surface area contributed by atoms with E-state index in [-0.39, 0.29) is 5.82 Å². The number of rotatable bonds is 2. The van der Waals surface area contributed by atoms with Gasteiger partial charge < -0.3 is 5.73 Å². The van der Waals surface area contributed by atoms with Crippen LogP contribution in [0.5, 0.6) is 0 Å². The minimum Gasteiger partial charge on any atom is -0.326 e. The van der Waals surface area contributed by atoms with Crippen LogP contribution in [0.3, 0.4) is 0 Å². The van der Waals surface area contributed by atoms with E-state index in [1.54, 1.807) is 30.4 Å². The largest absolute Gasteiger partial charge is 0.326 e. The van der Waals surface area contributed by atoms with Crippen LogP contribution < -0.4 is 5.73 Å². The van der Waals surface area contributed by atoms with Crippen LogP contribution in [0, 0.1) is 12.7 Å². The zero-order valence-corrected chi connectivity index (χ0v) is 9.27. The van der Waals surface area contributed by atoms with E-state index in [0.717, 1.165) is 16.0 Å². The Morgan fingerprint density at radius 1 is 1.27 bits per heavy atom. The molecule has 3 heteroatoms. The molecule has 0 amide bonds. The van der Waals surface area contributed by atoms with Crippen LogP contribution in [0.1, 0.15) is 10.4 Å². The van der Waals surface area contributed by atoms with Gasteiger partial charge in [0.25, 0.3) is 0 Å². The van der Waals surface area contributed by atoms with Crippen LogP contribution in [-0.2, 0) is 6.54 Å². The van der Waals surface area contributed by atoms with Crippen LogP contribution in [0.15, 0.2) is 29.6 Å². The highest BCUT2D eigenvalue weighted by molar-refractivity contribution is 7.10. The minimum atomic E-state index is -0.159.